The van der Waals surface area contributed by atoms with Crippen molar-refractivity contribution in [3.63, 3.8) is 0 Å². The SMILES string of the molecule is COCCC1=CC2CN(C(=O)N2)C1COC. The number of fused-ring (bicyclic) bond motifs is 2. The number of hydrogen-bond donors (Lipinski definition) is 1. The quantitative estimate of drug-likeness (QED) is 0.689. The molecular formula is C11H18N2O3. The van der Waals surface area contributed by atoms with Crippen LogP contribution in [-0.2, 0) is 9.47 Å². The number of hydrogen-bond acceptors (Lipinski definition) is 3. The Bertz CT molecular complexity index is 304. The average Bonchev–Trinajstić information content (AvgIpc) is 2.57. The van der Waals surface area contributed by atoms with Crippen molar-refractivity contribution in [2.45, 2.75) is 18.5 Å². The fraction of sp³-hybridized carbons (Fsp3) is 0.727. The van der Waals surface area contributed by atoms with Gasteiger partial charge in [0.2, 0.25) is 0 Å². The highest BCUT2D eigenvalue weighted by atomic mass is 16.5. The topological polar surface area (TPSA) is 50.8 Å². The predicted octanol–water partition coefficient (Wildman–Crippen LogP) is 0.372. The predicted molar refractivity (Wildman–Crippen MR) is 59.3 cm³/mol. The molecule has 1 N–H and O–H groups in total. The average molecular weight is 226 g/mol. The smallest absolute Gasteiger partial charge is 0.318 e. The van der Waals surface area contributed by atoms with E-state index in [-0.39, 0.29) is 18.1 Å². The summed E-state index contributed by atoms with van der Waals surface area (Å²) in [6, 6.07) is 0.238. The van der Waals surface area contributed by atoms with Crippen LogP contribution < -0.4 is 5.32 Å². The molecule has 2 aliphatic heterocycles. The van der Waals surface area contributed by atoms with Crippen LogP contribution in [0.4, 0.5) is 4.79 Å². The van der Waals surface area contributed by atoms with Gasteiger partial charge in [-0.25, -0.2) is 4.79 Å². The monoisotopic (exact) mass is 226 g/mol. The van der Waals surface area contributed by atoms with Gasteiger partial charge in [0.15, 0.2) is 0 Å². The van der Waals surface area contributed by atoms with Gasteiger partial charge in [-0.15, -0.1) is 0 Å². The highest BCUT2D eigenvalue weighted by molar-refractivity contribution is 5.79. The molecule has 0 aromatic heterocycles. The molecule has 2 heterocycles. The number of nitrogens with zero attached hydrogens (tertiary/aromatic N) is 1. The fourth-order valence-corrected chi connectivity index (χ4v) is 2.34. The molecule has 2 amide bonds. The minimum atomic E-state index is 0.00992. The minimum absolute atomic E-state index is 0.00992. The number of nitrogens with one attached hydrogen (secondary N) is 1. The van der Waals surface area contributed by atoms with E-state index in [9.17, 15) is 4.79 Å². The second-order valence-corrected chi connectivity index (χ2v) is 4.16. The first-order chi connectivity index (χ1) is 7.76. The van der Waals surface area contributed by atoms with Gasteiger partial charge >= 0.3 is 6.03 Å². The molecule has 0 aliphatic carbocycles. The van der Waals surface area contributed by atoms with Crippen molar-refractivity contribution in [1.82, 2.24) is 10.2 Å². The Balaban J connectivity index is 2.11. The van der Waals surface area contributed by atoms with Gasteiger partial charge in [-0.2, -0.15) is 0 Å². The largest absolute Gasteiger partial charge is 0.384 e. The summed E-state index contributed by atoms with van der Waals surface area (Å²) in [5, 5.41) is 2.92. The van der Waals surface area contributed by atoms with E-state index in [0.717, 1.165) is 13.0 Å². The summed E-state index contributed by atoms with van der Waals surface area (Å²) in [6.07, 6.45) is 3.00. The lowest BCUT2D eigenvalue weighted by Gasteiger charge is -2.31. The zero-order chi connectivity index (χ0) is 11.5. The van der Waals surface area contributed by atoms with Gasteiger partial charge in [-0.3, -0.25) is 0 Å². The normalized spacial score (nSPS) is 28.0. The van der Waals surface area contributed by atoms with Crippen LogP contribution in [-0.4, -0.2) is 57.0 Å². The lowest BCUT2D eigenvalue weighted by molar-refractivity contribution is 0.121. The maximum absolute atomic E-state index is 11.7. The number of rotatable bonds is 5. The van der Waals surface area contributed by atoms with Gasteiger partial charge in [0.05, 0.1) is 18.7 Å². The molecule has 2 aliphatic rings. The van der Waals surface area contributed by atoms with Gasteiger partial charge in [-0.1, -0.05) is 6.08 Å². The van der Waals surface area contributed by atoms with E-state index in [1.54, 1.807) is 14.2 Å². The summed E-state index contributed by atoms with van der Waals surface area (Å²) < 4.78 is 10.3. The van der Waals surface area contributed by atoms with Crippen LogP contribution in [0.15, 0.2) is 11.6 Å². The van der Waals surface area contributed by atoms with E-state index in [1.807, 2.05) is 4.90 Å². The number of carbonyl (C=O) groups is 1. The van der Waals surface area contributed by atoms with Crippen LogP contribution in [0.5, 0.6) is 0 Å². The molecule has 2 atom stereocenters. The number of amides is 2. The third-order valence-electron chi connectivity index (χ3n) is 3.10. The zero-order valence-electron chi connectivity index (χ0n) is 9.73. The summed E-state index contributed by atoms with van der Waals surface area (Å²) in [5.74, 6) is 0. The fourth-order valence-electron chi connectivity index (χ4n) is 2.34. The first-order valence-electron chi connectivity index (χ1n) is 5.52. The molecule has 1 fully saturated rings. The van der Waals surface area contributed by atoms with Gasteiger partial charge in [0, 0.05) is 27.4 Å². The molecule has 2 bridgehead atoms. The van der Waals surface area contributed by atoms with E-state index in [4.69, 9.17) is 9.47 Å². The number of methoxy groups -OCH3 is 2. The summed E-state index contributed by atoms with van der Waals surface area (Å²) >= 11 is 0. The highest BCUT2D eigenvalue weighted by Gasteiger charge is 2.38. The molecule has 0 radical (unpaired) electrons. The molecule has 2 rings (SSSR count). The molecule has 5 heteroatoms. The Labute approximate surface area is 95.4 Å². The van der Waals surface area contributed by atoms with Crippen molar-refractivity contribution >= 4 is 6.03 Å². The van der Waals surface area contributed by atoms with Crippen LogP contribution in [0.1, 0.15) is 6.42 Å². The van der Waals surface area contributed by atoms with Crippen molar-refractivity contribution in [1.29, 1.82) is 0 Å². The first-order valence-corrected chi connectivity index (χ1v) is 5.52. The second kappa shape index (κ2) is 4.84. The third kappa shape index (κ3) is 2.05. The molecule has 0 aromatic rings. The lowest BCUT2D eigenvalue weighted by Crippen LogP contribution is -2.43. The highest BCUT2D eigenvalue weighted by Crippen LogP contribution is 2.25. The van der Waals surface area contributed by atoms with Gasteiger partial charge in [-0.05, 0) is 12.0 Å². The van der Waals surface area contributed by atoms with E-state index in [1.165, 1.54) is 5.57 Å². The van der Waals surface area contributed by atoms with Crippen LogP contribution in [0, 0.1) is 0 Å². The van der Waals surface area contributed by atoms with E-state index < -0.39 is 0 Å². The van der Waals surface area contributed by atoms with Crippen LogP contribution in [0.25, 0.3) is 0 Å². The van der Waals surface area contributed by atoms with Crippen molar-refractivity contribution in [2.24, 2.45) is 0 Å². The number of ether oxygens (including phenoxy) is 2. The Hall–Kier alpha value is -1.07. The van der Waals surface area contributed by atoms with Crippen molar-refractivity contribution in [3.8, 4) is 0 Å². The van der Waals surface area contributed by atoms with E-state index in [0.29, 0.717) is 13.2 Å². The van der Waals surface area contributed by atoms with Crippen LogP contribution in [0.2, 0.25) is 0 Å². The minimum Gasteiger partial charge on any atom is -0.384 e. The van der Waals surface area contributed by atoms with Gasteiger partial charge in [0.25, 0.3) is 0 Å². The summed E-state index contributed by atoms with van der Waals surface area (Å²) in [4.78, 5) is 13.5. The van der Waals surface area contributed by atoms with E-state index >= 15 is 0 Å². The molecule has 16 heavy (non-hydrogen) atoms. The van der Waals surface area contributed by atoms with Gasteiger partial charge < -0.3 is 19.7 Å². The molecule has 0 aromatic carbocycles. The van der Waals surface area contributed by atoms with Crippen molar-refractivity contribution in [3.05, 3.63) is 11.6 Å². The molecule has 0 saturated carbocycles. The second-order valence-electron chi connectivity index (χ2n) is 4.16. The summed E-state index contributed by atoms with van der Waals surface area (Å²) in [5.41, 5.74) is 1.23. The molecule has 5 nitrogen and oxygen atoms in total. The first kappa shape index (κ1) is 11.4. The van der Waals surface area contributed by atoms with Crippen LogP contribution in [0.3, 0.4) is 0 Å². The number of urea groups is 1. The van der Waals surface area contributed by atoms with E-state index in [2.05, 4.69) is 11.4 Å². The maximum Gasteiger partial charge on any atom is 0.318 e. The molecule has 0 spiro atoms. The molecule has 2 unspecified atom stereocenters. The van der Waals surface area contributed by atoms with Gasteiger partial charge in [0.1, 0.15) is 0 Å². The Kier molecular flexibility index (Phi) is 3.46. The summed E-state index contributed by atoms with van der Waals surface area (Å²) in [7, 11) is 3.35. The third-order valence-corrected chi connectivity index (χ3v) is 3.10. The maximum atomic E-state index is 11.7. The molecular weight excluding hydrogens is 208 g/mol. The Morgan fingerprint density at radius 2 is 2.31 bits per heavy atom. The Morgan fingerprint density at radius 1 is 1.50 bits per heavy atom. The standard InChI is InChI=1S/C11H18N2O3/c1-15-4-3-8-5-9-6-13(11(14)12-9)10(8)7-16-2/h5,9-10H,3-4,6-7H2,1-2H3,(H,12,14). The summed E-state index contributed by atoms with van der Waals surface area (Å²) in [6.45, 7) is 1.99. The van der Waals surface area contributed by atoms with Crippen molar-refractivity contribution in [2.75, 3.05) is 34.0 Å². The Morgan fingerprint density at radius 3 is 3.00 bits per heavy atom. The number of carbonyl (C=O) groups excluding carboxylic acids is 1. The van der Waals surface area contributed by atoms with Crippen molar-refractivity contribution < 1.29 is 14.3 Å². The molecule has 90 valence electrons. The molecule has 1 saturated heterocycles. The van der Waals surface area contributed by atoms with Crippen LogP contribution >= 0.6 is 0 Å². The lowest BCUT2D eigenvalue weighted by atomic mass is 9.97. The zero-order valence-corrected chi connectivity index (χ0v) is 9.73.